The molecule has 1 fully saturated rings. The zero-order valence-corrected chi connectivity index (χ0v) is 25.5. The van der Waals surface area contributed by atoms with Crippen LogP contribution in [0.15, 0.2) is 42.6 Å². The monoisotopic (exact) mass is 560 g/mol. The van der Waals surface area contributed by atoms with Crippen LogP contribution in [0.2, 0.25) is 23.3 Å². The normalized spacial score (nSPS) is 19.3. The van der Waals surface area contributed by atoms with Gasteiger partial charge in [0.15, 0.2) is 8.32 Å². The van der Waals surface area contributed by atoms with Gasteiger partial charge in [-0.1, -0.05) is 50.6 Å². The van der Waals surface area contributed by atoms with Crippen LogP contribution in [0, 0.1) is 0 Å². The molecule has 1 unspecified atom stereocenters. The van der Waals surface area contributed by atoms with E-state index in [1.165, 1.54) is 0 Å². The summed E-state index contributed by atoms with van der Waals surface area (Å²) < 4.78 is 12.9. The Labute approximate surface area is 232 Å². The number of ether oxygens (including phenoxy) is 1. The maximum Gasteiger partial charge on any atom is 0.410 e. The summed E-state index contributed by atoms with van der Waals surface area (Å²) in [6.45, 7) is 16.6. The number of carboxylic acids is 1. The molecule has 1 N–H and O–H groups in total. The number of carbonyl (C=O) groups is 2. The SMILES string of the molecule is CC(C)(C)OC(=O)N1C([C@H](O[Si](C)(C)C(C)(C)C)c2ccc(Cl)nc2)CC[C@H]1Cc1ccc(C(=O)O)cc1. The topological polar surface area (TPSA) is 89.0 Å². The van der Waals surface area contributed by atoms with Gasteiger partial charge in [-0.3, -0.25) is 4.90 Å². The van der Waals surface area contributed by atoms with E-state index < -0.39 is 26.0 Å². The molecule has 1 amide bonds. The lowest BCUT2D eigenvalue weighted by Crippen LogP contribution is -2.50. The van der Waals surface area contributed by atoms with E-state index >= 15 is 0 Å². The number of halogens is 1. The maximum absolute atomic E-state index is 13.7. The van der Waals surface area contributed by atoms with Gasteiger partial charge < -0.3 is 14.3 Å². The molecule has 38 heavy (non-hydrogen) atoms. The first-order valence-corrected chi connectivity index (χ1v) is 16.4. The fourth-order valence-corrected chi connectivity index (χ4v) is 5.88. The smallest absolute Gasteiger partial charge is 0.410 e. The number of hydrogen-bond acceptors (Lipinski definition) is 5. The molecule has 2 aromatic rings. The van der Waals surface area contributed by atoms with E-state index in [9.17, 15) is 14.7 Å². The lowest BCUT2D eigenvalue weighted by atomic mass is 10.0. The minimum Gasteiger partial charge on any atom is -0.478 e. The van der Waals surface area contributed by atoms with Crippen molar-refractivity contribution in [2.75, 3.05) is 0 Å². The van der Waals surface area contributed by atoms with Gasteiger partial charge in [0.2, 0.25) is 0 Å². The second-order valence-corrected chi connectivity index (χ2v) is 17.7. The second-order valence-electron chi connectivity index (χ2n) is 12.6. The molecule has 2 heterocycles. The third-order valence-electron chi connectivity index (χ3n) is 7.48. The minimum atomic E-state index is -2.25. The van der Waals surface area contributed by atoms with E-state index in [1.54, 1.807) is 24.4 Å². The van der Waals surface area contributed by atoms with Gasteiger partial charge in [-0.2, -0.15) is 0 Å². The van der Waals surface area contributed by atoms with Gasteiger partial charge in [-0.05, 0) is 81.9 Å². The van der Waals surface area contributed by atoms with E-state index in [4.69, 9.17) is 20.8 Å². The number of amides is 1. The molecule has 3 rings (SSSR count). The van der Waals surface area contributed by atoms with Crippen molar-refractivity contribution >= 4 is 32.0 Å². The number of pyridine rings is 1. The van der Waals surface area contributed by atoms with Crippen LogP contribution in [0.5, 0.6) is 0 Å². The summed E-state index contributed by atoms with van der Waals surface area (Å²) in [6, 6.07) is 10.1. The van der Waals surface area contributed by atoms with E-state index in [-0.39, 0.29) is 28.8 Å². The first-order valence-electron chi connectivity index (χ1n) is 13.1. The van der Waals surface area contributed by atoms with Crippen LogP contribution in [0.25, 0.3) is 0 Å². The van der Waals surface area contributed by atoms with Gasteiger partial charge in [0.25, 0.3) is 0 Å². The van der Waals surface area contributed by atoms with Crippen LogP contribution in [0.1, 0.15) is 82.0 Å². The van der Waals surface area contributed by atoms with Crippen molar-refractivity contribution in [2.24, 2.45) is 0 Å². The Kier molecular flexibility index (Phi) is 9.01. The number of carbonyl (C=O) groups excluding carboxylic acids is 1. The predicted octanol–water partition coefficient (Wildman–Crippen LogP) is 7.51. The Morgan fingerprint density at radius 3 is 2.21 bits per heavy atom. The zero-order valence-electron chi connectivity index (χ0n) is 23.7. The number of nitrogens with zero attached hydrogens (tertiary/aromatic N) is 2. The Morgan fingerprint density at radius 1 is 1.08 bits per heavy atom. The van der Waals surface area contributed by atoms with E-state index in [0.717, 1.165) is 24.0 Å². The molecule has 0 radical (unpaired) electrons. The van der Waals surface area contributed by atoms with Gasteiger partial charge in [0.1, 0.15) is 10.8 Å². The quantitative estimate of drug-likeness (QED) is 0.278. The molecule has 1 aromatic carbocycles. The third-order valence-corrected chi connectivity index (χ3v) is 12.2. The standard InChI is InChI=1S/C29H41ClN2O5Si/c1-28(2,3)36-27(35)32-22(17-19-9-11-20(12-10-19)26(33)34)14-15-23(32)25(21-13-16-24(30)31-18-21)37-38(7,8)29(4,5)6/h9-13,16,18,22-23,25H,14-15,17H2,1-8H3,(H,33,34)/t22-,23?,25+/m0/s1. The molecule has 1 aliphatic heterocycles. The van der Waals surface area contributed by atoms with Crippen molar-refractivity contribution < 1.29 is 23.9 Å². The summed E-state index contributed by atoms with van der Waals surface area (Å²) >= 11 is 6.11. The summed E-state index contributed by atoms with van der Waals surface area (Å²) in [4.78, 5) is 31.2. The average molecular weight is 561 g/mol. The summed E-state index contributed by atoms with van der Waals surface area (Å²) in [5, 5.41) is 9.63. The molecular formula is C29H41ClN2O5Si. The molecule has 1 aliphatic rings. The number of rotatable bonds is 7. The molecule has 3 atom stereocenters. The number of carboxylic acid groups (broad SMARTS) is 1. The first kappa shape index (κ1) is 30.1. The summed E-state index contributed by atoms with van der Waals surface area (Å²) in [7, 11) is -2.25. The molecule has 208 valence electrons. The molecule has 7 nitrogen and oxygen atoms in total. The van der Waals surface area contributed by atoms with Crippen LogP contribution in [0.3, 0.4) is 0 Å². The fourth-order valence-electron chi connectivity index (χ4n) is 4.48. The second kappa shape index (κ2) is 11.4. The molecule has 1 saturated heterocycles. The van der Waals surface area contributed by atoms with Gasteiger partial charge in [-0.15, -0.1) is 0 Å². The number of aromatic carboxylic acids is 1. The number of hydrogen-bond donors (Lipinski definition) is 1. The highest BCUT2D eigenvalue weighted by atomic mass is 35.5. The van der Waals surface area contributed by atoms with Crippen molar-refractivity contribution in [3.63, 3.8) is 0 Å². The molecule has 9 heteroatoms. The van der Waals surface area contributed by atoms with Gasteiger partial charge in [0, 0.05) is 17.8 Å². The zero-order chi connectivity index (χ0) is 28.5. The van der Waals surface area contributed by atoms with Crippen molar-refractivity contribution in [1.29, 1.82) is 0 Å². The average Bonchev–Trinajstić information content (AvgIpc) is 3.20. The molecule has 0 bridgehead atoms. The molecule has 0 spiro atoms. The van der Waals surface area contributed by atoms with Crippen LogP contribution < -0.4 is 0 Å². The van der Waals surface area contributed by atoms with E-state index in [2.05, 4.69) is 38.8 Å². The number of likely N-dealkylation sites (tertiary alicyclic amines) is 1. The Morgan fingerprint density at radius 2 is 1.71 bits per heavy atom. The van der Waals surface area contributed by atoms with E-state index in [0.29, 0.717) is 11.6 Å². The lowest BCUT2D eigenvalue weighted by Gasteiger charge is -2.43. The summed E-state index contributed by atoms with van der Waals surface area (Å²) in [5.41, 5.74) is 1.42. The summed E-state index contributed by atoms with van der Waals surface area (Å²) in [6.07, 6.45) is 3.06. The fraction of sp³-hybridized carbons (Fsp3) is 0.552. The van der Waals surface area contributed by atoms with E-state index in [1.807, 2.05) is 43.9 Å². The van der Waals surface area contributed by atoms with Crippen LogP contribution >= 0.6 is 11.6 Å². The lowest BCUT2D eigenvalue weighted by molar-refractivity contribution is -0.00244. The Hall–Kier alpha value is -2.42. The molecule has 1 aromatic heterocycles. The summed E-state index contributed by atoms with van der Waals surface area (Å²) in [5.74, 6) is -0.963. The number of aromatic nitrogens is 1. The maximum atomic E-state index is 13.7. The number of benzene rings is 1. The van der Waals surface area contributed by atoms with Crippen molar-refractivity contribution in [3.8, 4) is 0 Å². The largest absolute Gasteiger partial charge is 0.478 e. The van der Waals surface area contributed by atoms with Gasteiger partial charge in [-0.25, -0.2) is 14.6 Å². The molecule has 0 saturated carbocycles. The highest BCUT2D eigenvalue weighted by Gasteiger charge is 2.47. The Bertz CT molecular complexity index is 1120. The van der Waals surface area contributed by atoms with Crippen molar-refractivity contribution in [3.05, 3.63) is 64.4 Å². The first-order chi connectivity index (χ1) is 17.5. The van der Waals surface area contributed by atoms with Gasteiger partial charge in [0.05, 0.1) is 17.7 Å². The minimum absolute atomic E-state index is 0.0360. The Balaban J connectivity index is 2.01. The highest BCUT2D eigenvalue weighted by molar-refractivity contribution is 6.74. The van der Waals surface area contributed by atoms with Crippen molar-refractivity contribution in [1.82, 2.24) is 9.88 Å². The third kappa shape index (κ3) is 7.36. The van der Waals surface area contributed by atoms with Crippen LogP contribution in [-0.4, -0.2) is 53.1 Å². The highest BCUT2D eigenvalue weighted by Crippen LogP contribution is 2.44. The predicted molar refractivity (Wildman–Crippen MR) is 152 cm³/mol. The van der Waals surface area contributed by atoms with Crippen LogP contribution in [0.4, 0.5) is 4.79 Å². The molecular weight excluding hydrogens is 520 g/mol. The van der Waals surface area contributed by atoms with Crippen LogP contribution in [-0.2, 0) is 15.6 Å². The van der Waals surface area contributed by atoms with Gasteiger partial charge >= 0.3 is 12.1 Å². The van der Waals surface area contributed by atoms with Crippen molar-refractivity contribution in [2.45, 2.75) is 103 Å². The molecule has 0 aliphatic carbocycles.